The van der Waals surface area contributed by atoms with E-state index in [0.29, 0.717) is 11.3 Å². The third-order valence-electron chi connectivity index (χ3n) is 13.9. The molecular weight excluding hydrogens is 400 g/mol. The fourth-order valence-corrected chi connectivity index (χ4v) is 12.4. The predicted octanol–water partition coefficient (Wildman–Crippen LogP) is 8.15. The van der Waals surface area contributed by atoms with Gasteiger partial charge in [0.05, 0.1) is 5.60 Å². The van der Waals surface area contributed by atoms with Crippen molar-refractivity contribution >= 4 is 0 Å². The highest BCUT2D eigenvalue weighted by molar-refractivity contribution is 5.45. The van der Waals surface area contributed by atoms with Gasteiger partial charge in [-0.1, -0.05) is 48.8 Å². The molecule has 0 amide bonds. The summed E-state index contributed by atoms with van der Waals surface area (Å²) in [4.78, 5) is 0. The normalized spacial score (nSPS) is 56.5. The van der Waals surface area contributed by atoms with E-state index in [2.05, 4.69) is 39.5 Å². The van der Waals surface area contributed by atoms with E-state index in [0.717, 1.165) is 24.2 Å². The van der Waals surface area contributed by atoms with E-state index >= 15 is 0 Å². The summed E-state index contributed by atoms with van der Waals surface area (Å²) in [6.45, 7) is 11.7. The molecule has 1 nitrogen and oxygen atoms in total. The highest BCUT2D eigenvalue weighted by Gasteiger charge is 2.76. The van der Waals surface area contributed by atoms with Crippen molar-refractivity contribution in [1.29, 1.82) is 0 Å². The van der Waals surface area contributed by atoms with Gasteiger partial charge in [-0.05, 0) is 121 Å². The van der Waals surface area contributed by atoms with Crippen LogP contribution < -0.4 is 0 Å². The average molecular weight is 447 g/mol. The smallest absolute Gasteiger partial charge is 0.0762 e. The molecule has 6 fully saturated rings. The molecule has 0 saturated heterocycles. The molecule has 0 aliphatic heterocycles. The van der Waals surface area contributed by atoms with Crippen molar-refractivity contribution in [2.75, 3.05) is 0 Å². The summed E-state index contributed by atoms with van der Waals surface area (Å²) in [5, 5.41) is 12.9. The van der Waals surface area contributed by atoms with Crippen molar-refractivity contribution in [3.8, 4) is 0 Å². The first kappa shape index (κ1) is 21.5. The maximum atomic E-state index is 12.9. The monoisotopic (exact) mass is 446 g/mol. The summed E-state index contributed by atoms with van der Waals surface area (Å²) in [7, 11) is 0. The molecule has 1 N–H and O–H groups in total. The summed E-state index contributed by atoms with van der Waals surface area (Å²) < 4.78 is 0. The van der Waals surface area contributed by atoms with Crippen molar-refractivity contribution in [2.24, 2.45) is 45.3 Å². The topological polar surface area (TPSA) is 20.2 Å². The Hall–Kier alpha value is -0.820. The van der Waals surface area contributed by atoms with E-state index in [9.17, 15) is 5.11 Å². The maximum Gasteiger partial charge on any atom is 0.0762 e. The quantitative estimate of drug-likeness (QED) is 0.403. The van der Waals surface area contributed by atoms with Gasteiger partial charge in [0.2, 0.25) is 0 Å². The number of allylic oxidation sites excluding steroid dienone is 5. The number of hydrogen-bond acceptors (Lipinski definition) is 1. The minimum Gasteiger partial charge on any atom is -0.389 e. The van der Waals surface area contributed by atoms with E-state index in [4.69, 9.17) is 0 Å². The molecule has 0 heterocycles. The van der Waals surface area contributed by atoms with Gasteiger partial charge in [-0.25, -0.2) is 0 Å². The Morgan fingerprint density at radius 3 is 2.61 bits per heavy atom. The van der Waals surface area contributed by atoms with Crippen molar-refractivity contribution in [3.05, 3.63) is 35.5 Å². The zero-order chi connectivity index (χ0) is 22.9. The van der Waals surface area contributed by atoms with E-state index in [1.807, 2.05) is 0 Å². The Balaban J connectivity index is 1.35. The first-order valence-corrected chi connectivity index (χ1v) is 14.5. The van der Waals surface area contributed by atoms with Gasteiger partial charge >= 0.3 is 0 Å². The van der Waals surface area contributed by atoms with E-state index < -0.39 is 5.60 Å². The summed E-state index contributed by atoms with van der Waals surface area (Å²) >= 11 is 0. The number of fused-ring (bicyclic) bond motifs is 1. The van der Waals surface area contributed by atoms with Crippen LogP contribution >= 0.6 is 0 Å². The highest BCUT2D eigenvalue weighted by atomic mass is 16.3. The third kappa shape index (κ3) is 2.23. The summed E-state index contributed by atoms with van der Waals surface area (Å²) in [5.74, 6) is 3.02. The summed E-state index contributed by atoms with van der Waals surface area (Å²) in [5.41, 5.74) is 5.33. The van der Waals surface area contributed by atoms with Crippen molar-refractivity contribution < 1.29 is 5.11 Å². The molecule has 0 aromatic heterocycles. The molecule has 3 spiro atoms. The predicted molar refractivity (Wildman–Crippen MR) is 136 cm³/mol. The van der Waals surface area contributed by atoms with Crippen LogP contribution in [0.3, 0.4) is 0 Å². The lowest BCUT2D eigenvalue weighted by Crippen LogP contribution is -2.61. The third-order valence-corrected chi connectivity index (χ3v) is 13.9. The van der Waals surface area contributed by atoms with Crippen molar-refractivity contribution in [1.82, 2.24) is 0 Å². The molecule has 6 saturated carbocycles. The second kappa shape index (κ2) is 6.48. The van der Waals surface area contributed by atoms with Gasteiger partial charge in [-0.15, -0.1) is 0 Å². The van der Waals surface area contributed by atoms with Gasteiger partial charge in [0.25, 0.3) is 0 Å². The Morgan fingerprint density at radius 2 is 1.79 bits per heavy atom. The molecule has 0 aromatic rings. The van der Waals surface area contributed by atoms with E-state index in [1.165, 1.54) is 89.0 Å². The SMILES string of the molecule is C=C(C)C1CC2=C(C)C=CC34CC5(CCC6CCCC67CCCC57O)CC3CCC(C1)C24C. The zero-order valence-electron chi connectivity index (χ0n) is 21.5. The number of aliphatic hydroxyl groups is 1. The van der Waals surface area contributed by atoms with Crippen LogP contribution in [0.15, 0.2) is 35.5 Å². The Morgan fingerprint density at radius 1 is 1.00 bits per heavy atom. The first-order valence-electron chi connectivity index (χ1n) is 14.5. The van der Waals surface area contributed by atoms with Gasteiger partial charge in [-0.3, -0.25) is 0 Å². The molecule has 9 atom stereocenters. The van der Waals surface area contributed by atoms with Crippen LogP contribution in [0.1, 0.15) is 111 Å². The molecule has 0 bridgehead atoms. The Kier molecular flexibility index (Phi) is 4.22. The van der Waals surface area contributed by atoms with Gasteiger partial charge in [0.1, 0.15) is 0 Å². The summed E-state index contributed by atoms with van der Waals surface area (Å²) in [6.07, 6.45) is 23.6. The van der Waals surface area contributed by atoms with Crippen LogP contribution in [-0.4, -0.2) is 10.7 Å². The maximum absolute atomic E-state index is 12.9. The van der Waals surface area contributed by atoms with E-state index in [1.54, 1.807) is 11.1 Å². The summed E-state index contributed by atoms with van der Waals surface area (Å²) in [6, 6.07) is 0. The Bertz CT molecular complexity index is 967. The van der Waals surface area contributed by atoms with Crippen LogP contribution in [0.5, 0.6) is 0 Å². The van der Waals surface area contributed by atoms with Crippen molar-refractivity contribution in [2.45, 2.75) is 116 Å². The minimum absolute atomic E-state index is 0.165. The van der Waals surface area contributed by atoms with Crippen LogP contribution in [0, 0.1) is 45.3 Å². The number of rotatable bonds is 1. The molecule has 7 aliphatic rings. The molecule has 9 unspecified atom stereocenters. The lowest BCUT2D eigenvalue weighted by Gasteiger charge is -2.64. The second-order valence-electron chi connectivity index (χ2n) is 14.4. The molecule has 0 radical (unpaired) electrons. The molecule has 0 aromatic carbocycles. The standard InChI is InChI=1S/C32H46O/c1-21(2)23-17-25-8-9-26-19-29(20-31(26)16-10-22(3)27(18-23)28(25,31)4)15-11-24-7-5-12-30(24)13-6-14-32(29,30)33/h10,16,23-26,33H,1,5-9,11-15,17-20H2,2-4H3. The first-order chi connectivity index (χ1) is 15.7. The lowest BCUT2D eigenvalue weighted by molar-refractivity contribution is -0.203. The van der Waals surface area contributed by atoms with Crippen LogP contribution in [0.4, 0.5) is 0 Å². The molecule has 180 valence electrons. The van der Waals surface area contributed by atoms with Crippen LogP contribution in [0.25, 0.3) is 0 Å². The fraction of sp³-hybridized carbons (Fsp3) is 0.812. The molecule has 33 heavy (non-hydrogen) atoms. The number of hydrogen-bond donors (Lipinski definition) is 1. The lowest BCUT2D eigenvalue weighted by atomic mass is 9.40. The highest BCUT2D eigenvalue weighted by Crippen LogP contribution is 2.81. The molecule has 7 rings (SSSR count). The van der Waals surface area contributed by atoms with Crippen LogP contribution in [-0.2, 0) is 0 Å². The second-order valence-corrected chi connectivity index (χ2v) is 14.4. The minimum atomic E-state index is -0.392. The zero-order valence-corrected chi connectivity index (χ0v) is 21.5. The van der Waals surface area contributed by atoms with Gasteiger partial charge in [-0.2, -0.15) is 0 Å². The molecular formula is C32H46O. The van der Waals surface area contributed by atoms with Gasteiger partial charge in [0.15, 0.2) is 0 Å². The van der Waals surface area contributed by atoms with Gasteiger partial charge in [0, 0.05) is 21.7 Å². The Labute approximate surface area is 202 Å². The van der Waals surface area contributed by atoms with Gasteiger partial charge < -0.3 is 5.11 Å². The van der Waals surface area contributed by atoms with Crippen molar-refractivity contribution in [3.63, 3.8) is 0 Å². The molecule has 7 aliphatic carbocycles. The van der Waals surface area contributed by atoms with E-state index in [-0.39, 0.29) is 16.2 Å². The average Bonchev–Trinajstić information content (AvgIpc) is 3.45. The largest absolute Gasteiger partial charge is 0.389 e. The molecule has 1 heteroatoms. The fourth-order valence-electron chi connectivity index (χ4n) is 12.4. The van der Waals surface area contributed by atoms with Crippen LogP contribution in [0.2, 0.25) is 0 Å².